The first-order valence-electron chi connectivity index (χ1n) is 6.83. The van der Waals surface area contributed by atoms with E-state index in [-0.39, 0.29) is 0 Å². The van der Waals surface area contributed by atoms with Crippen LogP contribution in [0.15, 0.2) is 4.99 Å². The van der Waals surface area contributed by atoms with Crippen LogP contribution in [0.2, 0.25) is 0 Å². The van der Waals surface area contributed by atoms with Gasteiger partial charge in [-0.3, -0.25) is 4.99 Å². The maximum Gasteiger partial charge on any atom is 0.120 e. The van der Waals surface area contributed by atoms with E-state index >= 15 is 0 Å². The molecule has 1 unspecified atom stereocenters. The summed E-state index contributed by atoms with van der Waals surface area (Å²) in [6.45, 7) is 6.70. The lowest BCUT2D eigenvalue weighted by atomic mass is 9.96. The molecule has 2 heteroatoms. The van der Waals surface area contributed by atoms with Gasteiger partial charge in [-0.05, 0) is 25.5 Å². The summed E-state index contributed by atoms with van der Waals surface area (Å²) in [6, 6.07) is 0. The summed E-state index contributed by atoms with van der Waals surface area (Å²) in [5, 5.41) is 0. The van der Waals surface area contributed by atoms with Crippen LogP contribution < -0.4 is 0 Å². The molecule has 0 aromatic heterocycles. The Morgan fingerprint density at radius 3 is 2.25 bits per heavy atom. The minimum atomic E-state index is -0.732. The van der Waals surface area contributed by atoms with E-state index in [1.54, 1.807) is 6.21 Å². The molecule has 16 heavy (non-hydrogen) atoms. The third-order valence-electron chi connectivity index (χ3n) is 3.27. The van der Waals surface area contributed by atoms with Crippen molar-refractivity contribution in [1.29, 1.82) is 0 Å². The third kappa shape index (κ3) is 8.87. The molecule has 0 fully saturated rings. The topological polar surface area (TPSA) is 12.4 Å². The van der Waals surface area contributed by atoms with Gasteiger partial charge >= 0.3 is 0 Å². The first-order chi connectivity index (χ1) is 7.74. The summed E-state index contributed by atoms with van der Waals surface area (Å²) in [5.41, 5.74) is 0. The lowest BCUT2D eigenvalue weighted by Gasteiger charge is -2.11. The highest BCUT2D eigenvalue weighted by molar-refractivity contribution is 5.53. The number of halogens is 1. The minimum Gasteiger partial charge on any atom is -0.295 e. The fourth-order valence-electron chi connectivity index (χ4n) is 1.98. The second-order valence-corrected chi connectivity index (χ2v) is 4.54. The zero-order chi connectivity index (χ0) is 12.2. The standard InChI is InChI=1S/C14H28FN/c1-4-13(5-2)10-8-7-9-11-14(15)12-16-6-3/h6,13-14H,4-5,7-12H2,1-3H3. The van der Waals surface area contributed by atoms with Gasteiger partial charge < -0.3 is 0 Å². The fourth-order valence-corrected chi connectivity index (χ4v) is 1.98. The van der Waals surface area contributed by atoms with Crippen molar-refractivity contribution in [2.24, 2.45) is 10.9 Å². The largest absolute Gasteiger partial charge is 0.295 e. The van der Waals surface area contributed by atoms with Crippen LogP contribution in [0.1, 0.15) is 65.7 Å². The Balaban J connectivity index is 3.32. The van der Waals surface area contributed by atoms with E-state index in [4.69, 9.17) is 0 Å². The smallest absolute Gasteiger partial charge is 0.120 e. The Morgan fingerprint density at radius 1 is 1.06 bits per heavy atom. The molecule has 0 aliphatic heterocycles. The Labute approximate surface area is 101 Å². The Morgan fingerprint density at radius 2 is 1.69 bits per heavy atom. The maximum atomic E-state index is 13.2. The van der Waals surface area contributed by atoms with Gasteiger partial charge in [-0.15, -0.1) is 0 Å². The van der Waals surface area contributed by atoms with E-state index in [9.17, 15) is 4.39 Å². The summed E-state index contributed by atoms with van der Waals surface area (Å²) in [5.74, 6) is 0.880. The van der Waals surface area contributed by atoms with Crippen molar-refractivity contribution in [2.45, 2.75) is 71.9 Å². The van der Waals surface area contributed by atoms with Crippen molar-refractivity contribution < 1.29 is 4.39 Å². The lowest BCUT2D eigenvalue weighted by molar-refractivity contribution is 0.310. The summed E-state index contributed by atoms with van der Waals surface area (Å²) >= 11 is 0. The Bertz CT molecular complexity index is 164. The molecule has 1 atom stereocenters. The summed E-state index contributed by atoms with van der Waals surface area (Å²) in [7, 11) is 0. The first kappa shape index (κ1) is 15.6. The van der Waals surface area contributed by atoms with Crippen molar-refractivity contribution in [3.05, 3.63) is 0 Å². The van der Waals surface area contributed by atoms with Crippen LogP contribution in [0.25, 0.3) is 0 Å². The van der Waals surface area contributed by atoms with Crippen LogP contribution in [0.5, 0.6) is 0 Å². The van der Waals surface area contributed by atoms with Gasteiger partial charge in [0.25, 0.3) is 0 Å². The molecule has 0 aliphatic rings. The molecule has 0 spiro atoms. The molecule has 0 saturated carbocycles. The van der Waals surface area contributed by atoms with Gasteiger partial charge in [0.1, 0.15) is 6.17 Å². The van der Waals surface area contributed by atoms with E-state index in [2.05, 4.69) is 18.8 Å². The van der Waals surface area contributed by atoms with E-state index in [1.807, 2.05) is 6.92 Å². The average Bonchev–Trinajstić information content (AvgIpc) is 2.31. The van der Waals surface area contributed by atoms with Gasteiger partial charge in [0.15, 0.2) is 0 Å². The Hall–Kier alpha value is -0.400. The highest BCUT2D eigenvalue weighted by Gasteiger charge is 2.05. The van der Waals surface area contributed by atoms with Crippen LogP contribution in [-0.4, -0.2) is 18.9 Å². The number of hydrogen-bond donors (Lipinski definition) is 0. The SMILES string of the molecule is CC=NCC(F)CCCCCC(CC)CC. The monoisotopic (exact) mass is 229 g/mol. The molecule has 0 radical (unpaired) electrons. The van der Waals surface area contributed by atoms with Gasteiger partial charge in [0.2, 0.25) is 0 Å². The van der Waals surface area contributed by atoms with Crippen LogP contribution in [0.3, 0.4) is 0 Å². The number of aliphatic imine (C=N–C) groups is 1. The molecule has 1 nitrogen and oxygen atoms in total. The maximum absolute atomic E-state index is 13.2. The highest BCUT2D eigenvalue weighted by Crippen LogP contribution is 2.17. The molecular weight excluding hydrogens is 201 g/mol. The molecule has 0 heterocycles. The van der Waals surface area contributed by atoms with E-state index in [0.29, 0.717) is 13.0 Å². The van der Waals surface area contributed by atoms with Gasteiger partial charge in [-0.1, -0.05) is 52.4 Å². The third-order valence-corrected chi connectivity index (χ3v) is 3.27. The second-order valence-electron chi connectivity index (χ2n) is 4.54. The highest BCUT2D eigenvalue weighted by atomic mass is 19.1. The molecule has 0 amide bonds. The van der Waals surface area contributed by atoms with Gasteiger partial charge in [0, 0.05) is 0 Å². The van der Waals surface area contributed by atoms with Crippen molar-refractivity contribution in [3.8, 4) is 0 Å². The lowest BCUT2D eigenvalue weighted by Crippen LogP contribution is -2.04. The molecule has 0 saturated heterocycles. The summed E-state index contributed by atoms with van der Waals surface area (Å²) in [6.07, 6.45) is 8.96. The quantitative estimate of drug-likeness (QED) is 0.377. The predicted molar refractivity (Wildman–Crippen MR) is 71.1 cm³/mol. The zero-order valence-corrected chi connectivity index (χ0v) is 11.2. The predicted octanol–water partition coefficient (Wildman–Crippen LogP) is 4.80. The van der Waals surface area contributed by atoms with Crippen LogP contribution in [-0.2, 0) is 0 Å². The normalized spacial score (nSPS) is 13.8. The molecule has 0 N–H and O–H groups in total. The van der Waals surface area contributed by atoms with E-state index in [1.165, 1.54) is 32.1 Å². The van der Waals surface area contributed by atoms with E-state index in [0.717, 1.165) is 12.3 Å². The molecular formula is C14H28FN. The van der Waals surface area contributed by atoms with Crippen LogP contribution in [0, 0.1) is 5.92 Å². The number of rotatable bonds is 10. The van der Waals surface area contributed by atoms with E-state index < -0.39 is 6.17 Å². The molecule has 0 bridgehead atoms. The van der Waals surface area contributed by atoms with Crippen molar-refractivity contribution in [2.75, 3.05) is 6.54 Å². The summed E-state index contributed by atoms with van der Waals surface area (Å²) < 4.78 is 13.2. The van der Waals surface area contributed by atoms with Crippen molar-refractivity contribution >= 4 is 6.21 Å². The zero-order valence-electron chi connectivity index (χ0n) is 11.2. The van der Waals surface area contributed by atoms with Crippen LogP contribution >= 0.6 is 0 Å². The van der Waals surface area contributed by atoms with Crippen LogP contribution in [0.4, 0.5) is 4.39 Å². The number of nitrogens with zero attached hydrogens (tertiary/aromatic N) is 1. The number of hydrogen-bond acceptors (Lipinski definition) is 1. The molecule has 0 aliphatic carbocycles. The molecule has 96 valence electrons. The van der Waals surface area contributed by atoms with Gasteiger partial charge in [-0.25, -0.2) is 4.39 Å². The first-order valence-corrected chi connectivity index (χ1v) is 6.83. The minimum absolute atomic E-state index is 0.350. The molecule has 0 aromatic carbocycles. The number of unbranched alkanes of at least 4 members (excludes halogenated alkanes) is 2. The number of alkyl halides is 1. The fraction of sp³-hybridized carbons (Fsp3) is 0.929. The van der Waals surface area contributed by atoms with Gasteiger partial charge in [-0.2, -0.15) is 0 Å². The second kappa shape index (κ2) is 11.1. The van der Waals surface area contributed by atoms with Crippen molar-refractivity contribution in [3.63, 3.8) is 0 Å². The summed E-state index contributed by atoms with van der Waals surface area (Å²) in [4.78, 5) is 3.93. The average molecular weight is 229 g/mol. The Kier molecular flexibility index (Phi) is 10.8. The van der Waals surface area contributed by atoms with Gasteiger partial charge in [0.05, 0.1) is 6.54 Å². The van der Waals surface area contributed by atoms with Crippen molar-refractivity contribution in [1.82, 2.24) is 0 Å². The molecule has 0 aromatic rings. The molecule has 0 rings (SSSR count).